The minimum Gasteiger partial charge on any atom is -0.378 e. The fourth-order valence-corrected chi connectivity index (χ4v) is 3.99. The lowest BCUT2D eigenvalue weighted by molar-refractivity contribution is -0.137. The number of rotatable bonds is 6. The summed E-state index contributed by atoms with van der Waals surface area (Å²) in [4.78, 5) is 18.5. The van der Waals surface area contributed by atoms with Crippen LogP contribution in [0.25, 0.3) is 0 Å². The molecule has 1 aliphatic rings. The highest BCUT2D eigenvalue weighted by atomic mass is 19.4. The lowest BCUT2D eigenvalue weighted by Crippen LogP contribution is -2.37. The van der Waals surface area contributed by atoms with Crippen molar-refractivity contribution >= 4 is 11.6 Å². The van der Waals surface area contributed by atoms with Gasteiger partial charge < -0.3 is 10.0 Å². The van der Waals surface area contributed by atoms with Gasteiger partial charge in [0.1, 0.15) is 5.82 Å². The number of benzene rings is 2. The van der Waals surface area contributed by atoms with Crippen LogP contribution < -0.4 is 4.90 Å². The molecule has 0 radical (unpaired) electrons. The highest BCUT2D eigenvalue weighted by Crippen LogP contribution is 2.30. The fraction of sp³-hybridized carbons (Fsp3) is 0.280. The molecule has 0 saturated heterocycles. The van der Waals surface area contributed by atoms with Gasteiger partial charge in [0.05, 0.1) is 5.56 Å². The highest BCUT2D eigenvalue weighted by molar-refractivity contribution is 5.97. The summed E-state index contributed by atoms with van der Waals surface area (Å²) in [7, 11) is 0. The average molecular weight is 458 g/mol. The average Bonchev–Trinajstić information content (AvgIpc) is 3.27. The van der Waals surface area contributed by atoms with Crippen LogP contribution in [0.2, 0.25) is 0 Å². The largest absolute Gasteiger partial charge is 0.417 e. The van der Waals surface area contributed by atoms with Crippen molar-refractivity contribution in [3.63, 3.8) is 0 Å². The van der Waals surface area contributed by atoms with Crippen molar-refractivity contribution in [3.8, 4) is 0 Å². The van der Waals surface area contributed by atoms with Gasteiger partial charge in [0, 0.05) is 30.5 Å². The Hall–Kier alpha value is -3.26. The number of hydrogen-bond donors (Lipinski definition) is 1. The molecular weight excluding hydrogens is 436 g/mol. The first-order valence-electron chi connectivity index (χ1n) is 10.6. The highest BCUT2D eigenvalue weighted by Gasteiger charge is 2.31. The van der Waals surface area contributed by atoms with Crippen molar-refractivity contribution in [2.45, 2.75) is 38.0 Å². The van der Waals surface area contributed by atoms with Gasteiger partial charge >= 0.3 is 6.18 Å². The molecule has 0 fully saturated rings. The molecule has 172 valence electrons. The third-order valence-corrected chi connectivity index (χ3v) is 5.82. The molecule has 1 N–H and O–H groups in total. The second-order valence-electron chi connectivity index (χ2n) is 8.04. The van der Waals surface area contributed by atoms with Crippen LogP contribution in [0, 0.1) is 5.82 Å². The molecule has 1 aliphatic carbocycles. The van der Waals surface area contributed by atoms with E-state index >= 15 is 0 Å². The molecule has 4 rings (SSSR count). The zero-order chi connectivity index (χ0) is 23.6. The monoisotopic (exact) mass is 458 g/mol. The maximum Gasteiger partial charge on any atom is 0.417 e. The summed E-state index contributed by atoms with van der Waals surface area (Å²) in [5.74, 6) is -1.09. The minimum absolute atomic E-state index is 0.105. The van der Waals surface area contributed by atoms with E-state index in [-0.39, 0.29) is 18.5 Å². The molecule has 1 aromatic heterocycles. The minimum atomic E-state index is -4.47. The zero-order valence-electron chi connectivity index (χ0n) is 17.6. The Balaban J connectivity index is 1.58. The van der Waals surface area contributed by atoms with Crippen molar-refractivity contribution in [1.82, 2.24) is 4.98 Å². The van der Waals surface area contributed by atoms with Crippen molar-refractivity contribution in [3.05, 3.63) is 94.6 Å². The van der Waals surface area contributed by atoms with Crippen LogP contribution in [0.4, 0.5) is 23.2 Å². The van der Waals surface area contributed by atoms with E-state index in [0.717, 1.165) is 49.2 Å². The Morgan fingerprint density at radius 2 is 1.76 bits per heavy atom. The number of aryl methyl sites for hydroxylation is 2. The quantitative estimate of drug-likeness (QED) is 0.527. The molecule has 0 spiro atoms. The van der Waals surface area contributed by atoms with Gasteiger partial charge in [-0.25, -0.2) is 4.39 Å². The van der Waals surface area contributed by atoms with Crippen molar-refractivity contribution in [1.29, 1.82) is 0 Å². The van der Waals surface area contributed by atoms with Crippen LogP contribution >= 0.6 is 0 Å². The summed E-state index contributed by atoms with van der Waals surface area (Å²) in [6.07, 6.45) is -2.14. The molecule has 0 aliphatic heterocycles. The fourth-order valence-electron chi connectivity index (χ4n) is 3.99. The van der Waals surface area contributed by atoms with Crippen molar-refractivity contribution in [2.75, 3.05) is 11.4 Å². The van der Waals surface area contributed by atoms with Crippen LogP contribution in [-0.2, 0) is 30.2 Å². The second kappa shape index (κ2) is 9.31. The standard InChI is InChI=1S/C25H22F4N2O2/c26-20-8-4-17(5-9-20)23(32)24(33)31(22-11-6-16-2-1-3-18(16)14-22)13-12-21-10-7-19(15-30-21)25(27,28)29/h4-11,14-15,23,32H,1-3,12-13H2/t23-/m0/s1. The lowest BCUT2D eigenvalue weighted by atomic mass is 10.1. The first-order valence-corrected chi connectivity index (χ1v) is 10.6. The number of carbonyl (C=O) groups excluding carboxylic acids is 1. The SMILES string of the molecule is O=C([C@@H](O)c1ccc(F)cc1)N(CCc1ccc(C(F)(F)F)cn1)c1ccc2c(c1)CCC2. The maximum absolute atomic E-state index is 13.3. The van der Waals surface area contributed by atoms with Gasteiger partial charge in [0.25, 0.3) is 5.91 Å². The lowest BCUT2D eigenvalue weighted by Gasteiger charge is -2.26. The van der Waals surface area contributed by atoms with E-state index in [1.54, 1.807) is 6.07 Å². The van der Waals surface area contributed by atoms with E-state index in [1.165, 1.54) is 28.7 Å². The van der Waals surface area contributed by atoms with Crippen LogP contribution in [0.15, 0.2) is 60.8 Å². The molecule has 4 nitrogen and oxygen atoms in total. The van der Waals surface area contributed by atoms with E-state index in [4.69, 9.17) is 0 Å². The van der Waals surface area contributed by atoms with Crippen LogP contribution in [0.5, 0.6) is 0 Å². The number of amides is 1. The van der Waals surface area contributed by atoms with E-state index in [9.17, 15) is 27.5 Å². The number of aromatic nitrogens is 1. The number of fused-ring (bicyclic) bond motifs is 1. The van der Waals surface area contributed by atoms with Gasteiger partial charge in [-0.15, -0.1) is 0 Å². The van der Waals surface area contributed by atoms with Gasteiger partial charge in [-0.2, -0.15) is 13.2 Å². The summed E-state index contributed by atoms with van der Waals surface area (Å²) in [6.45, 7) is 0.105. The van der Waals surface area contributed by atoms with Gasteiger partial charge in [0.2, 0.25) is 0 Å². The van der Waals surface area contributed by atoms with Crippen LogP contribution in [0.1, 0.15) is 40.5 Å². The molecule has 0 saturated carbocycles. The molecule has 1 heterocycles. The number of carbonyl (C=O) groups is 1. The summed E-state index contributed by atoms with van der Waals surface area (Å²) >= 11 is 0. The number of hydrogen-bond acceptors (Lipinski definition) is 3. The normalized spacial score (nSPS) is 14.1. The van der Waals surface area contributed by atoms with E-state index in [0.29, 0.717) is 11.4 Å². The number of alkyl halides is 3. The molecule has 1 amide bonds. The van der Waals surface area contributed by atoms with E-state index in [1.807, 2.05) is 12.1 Å². The number of nitrogens with zero attached hydrogens (tertiary/aromatic N) is 2. The van der Waals surface area contributed by atoms with Crippen LogP contribution in [0.3, 0.4) is 0 Å². The number of halogens is 4. The second-order valence-corrected chi connectivity index (χ2v) is 8.04. The summed E-state index contributed by atoms with van der Waals surface area (Å²) < 4.78 is 51.7. The molecule has 0 bridgehead atoms. The van der Waals surface area contributed by atoms with Gasteiger partial charge in [0.15, 0.2) is 6.10 Å². The van der Waals surface area contributed by atoms with E-state index < -0.39 is 29.6 Å². The molecule has 3 aromatic rings. The van der Waals surface area contributed by atoms with Crippen molar-refractivity contribution in [2.24, 2.45) is 0 Å². The number of aliphatic hydroxyl groups is 1. The number of anilines is 1. The Kier molecular flexibility index (Phi) is 6.47. The molecule has 8 heteroatoms. The predicted octanol–water partition coefficient (Wildman–Crippen LogP) is 5.04. The summed E-state index contributed by atoms with van der Waals surface area (Å²) in [6, 6.07) is 12.9. The molecule has 33 heavy (non-hydrogen) atoms. The van der Waals surface area contributed by atoms with Gasteiger partial charge in [-0.3, -0.25) is 9.78 Å². The first kappa shape index (κ1) is 22.9. The molecule has 2 aromatic carbocycles. The van der Waals surface area contributed by atoms with Gasteiger partial charge in [-0.05, 0) is 72.4 Å². The summed E-state index contributed by atoms with van der Waals surface area (Å²) in [5.41, 5.74) is 2.74. The Bertz CT molecular complexity index is 1130. The van der Waals surface area contributed by atoms with Crippen molar-refractivity contribution < 1.29 is 27.5 Å². The van der Waals surface area contributed by atoms with E-state index in [2.05, 4.69) is 4.98 Å². The smallest absolute Gasteiger partial charge is 0.378 e. The number of aliphatic hydroxyl groups excluding tert-OH is 1. The molecular formula is C25H22F4N2O2. The number of pyridine rings is 1. The third kappa shape index (κ3) is 5.22. The topological polar surface area (TPSA) is 53.4 Å². The van der Waals surface area contributed by atoms with Gasteiger partial charge in [-0.1, -0.05) is 18.2 Å². The Labute approximate surface area is 188 Å². The van der Waals surface area contributed by atoms with Crippen LogP contribution in [-0.4, -0.2) is 22.5 Å². The molecule has 0 unspecified atom stereocenters. The predicted molar refractivity (Wildman–Crippen MR) is 115 cm³/mol. The zero-order valence-corrected chi connectivity index (χ0v) is 17.6. The Morgan fingerprint density at radius 3 is 2.42 bits per heavy atom. The summed E-state index contributed by atoms with van der Waals surface area (Å²) in [5, 5.41) is 10.7. The molecule has 1 atom stereocenters. The Morgan fingerprint density at radius 1 is 1.03 bits per heavy atom. The first-order chi connectivity index (χ1) is 15.7. The maximum atomic E-state index is 13.3. The third-order valence-electron chi connectivity index (χ3n) is 5.82.